The average molecular weight is 502 g/mol. The summed E-state index contributed by atoms with van der Waals surface area (Å²) in [6.45, 7) is 4.39. The lowest BCUT2D eigenvalue weighted by atomic mass is 10.0. The van der Waals surface area contributed by atoms with Gasteiger partial charge in [-0.2, -0.15) is 0 Å². The fraction of sp³-hybridized carbons (Fsp3) is 0.250. The van der Waals surface area contributed by atoms with Crippen LogP contribution in [0.25, 0.3) is 0 Å². The number of hydrogen-bond acceptors (Lipinski definition) is 6. The average Bonchev–Trinajstić information content (AvgIpc) is 3.09. The predicted octanol–water partition coefficient (Wildman–Crippen LogP) is 4.27. The van der Waals surface area contributed by atoms with E-state index in [1.54, 1.807) is 48.5 Å². The summed E-state index contributed by atoms with van der Waals surface area (Å²) >= 11 is 5.73. The third kappa shape index (κ3) is 5.66. The van der Waals surface area contributed by atoms with Crippen molar-refractivity contribution in [2.45, 2.75) is 39.3 Å². The molecule has 36 heavy (non-hydrogen) atoms. The van der Waals surface area contributed by atoms with Gasteiger partial charge in [0.2, 0.25) is 0 Å². The maximum Gasteiger partial charge on any atom is 0.338 e. The van der Waals surface area contributed by atoms with Crippen molar-refractivity contribution in [3.63, 3.8) is 0 Å². The van der Waals surface area contributed by atoms with Crippen LogP contribution < -0.4 is 4.90 Å². The second-order valence-electron chi connectivity index (χ2n) is 8.63. The fourth-order valence-electron chi connectivity index (χ4n) is 4.12. The molecule has 1 aliphatic heterocycles. The Morgan fingerprint density at radius 2 is 1.75 bits per heavy atom. The summed E-state index contributed by atoms with van der Waals surface area (Å²) in [5.74, 6) is -0.719. The summed E-state index contributed by atoms with van der Waals surface area (Å²) in [7, 11) is 0. The number of amides is 1. The van der Waals surface area contributed by atoms with E-state index >= 15 is 0 Å². The monoisotopic (exact) mass is 501 g/mol. The molecule has 1 aliphatic rings. The van der Waals surface area contributed by atoms with Crippen LogP contribution in [0.3, 0.4) is 0 Å². The number of anilines is 1. The number of ketones is 1. The number of ether oxygens (including phenoxy) is 1. The van der Waals surface area contributed by atoms with E-state index in [0.29, 0.717) is 29.5 Å². The normalized spacial score (nSPS) is 15.3. The minimum absolute atomic E-state index is 0.0151. The molecule has 0 N–H and O–H groups in total. The molecule has 0 bridgehead atoms. The summed E-state index contributed by atoms with van der Waals surface area (Å²) in [6.07, 6.45) is 3.57. The SMILES string of the molecule is CCOC(=O)c1ccc(CC(=O)CC2C(=O)N(c3ccc(C)cc3)C(=S)N2Cc2cccnc2)cc1. The maximum atomic E-state index is 13.5. The molecule has 2 heterocycles. The highest BCUT2D eigenvalue weighted by Crippen LogP contribution is 2.29. The van der Waals surface area contributed by atoms with Crippen molar-refractivity contribution >= 4 is 40.7 Å². The Bertz CT molecular complexity index is 1260. The van der Waals surface area contributed by atoms with Gasteiger partial charge in [-0.15, -0.1) is 0 Å². The zero-order valence-corrected chi connectivity index (χ0v) is 21.0. The van der Waals surface area contributed by atoms with Crippen molar-refractivity contribution in [1.82, 2.24) is 9.88 Å². The van der Waals surface area contributed by atoms with E-state index in [0.717, 1.165) is 16.7 Å². The van der Waals surface area contributed by atoms with E-state index in [-0.39, 0.29) is 24.5 Å². The lowest BCUT2D eigenvalue weighted by Crippen LogP contribution is -2.36. The number of Topliss-reactive ketones (excluding diaryl/α,β-unsaturated/α-hetero) is 1. The fourth-order valence-corrected chi connectivity index (χ4v) is 4.51. The second kappa shape index (κ2) is 11.2. The van der Waals surface area contributed by atoms with Crippen molar-refractivity contribution in [1.29, 1.82) is 0 Å². The first-order valence-corrected chi connectivity index (χ1v) is 12.2. The van der Waals surface area contributed by atoms with Gasteiger partial charge in [-0.05, 0) is 67.5 Å². The predicted molar refractivity (Wildman–Crippen MR) is 141 cm³/mol. The Labute approximate surface area is 215 Å². The molecular formula is C28H27N3O4S. The molecule has 1 saturated heterocycles. The summed E-state index contributed by atoms with van der Waals surface area (Å²) in [5.41, 5.74) is 3.84. The third-order valence-electron chi connectivity index (χ3n) is 5.97. The molecule has 0 saturated carbocycles. The van der Waals surface area contributed by atoms with Crippen molar-refractivity contribution in [3.8, 4) is 0 Å². The van der Waals surface area contributed by atoms with Gasteiger partial charge >= 0.3 is 5.97 Å². The lowest BCUT2D eigenvalue weighted by Gasteiger charge is -2.23. The van der Waals surface area contributed by atoms with E-state index in [4.69, 9.17) is 17.0 Å². The van der Waals surface area contributed by atoms with Crippen LogP contribution in [0.1, 0.15) is 40.4 Å². The molecule has 7 nitrogen and oxygen atoms in total. The second-order valence-corrected chi connectivity index (χ2v) is 9.00. The topological polar surface area (TPSA) is 79.8 Å². The standard InChI is InChI=1S/C28H27N3O4S/c1-3-35-27(34)22-10-8-20(9-11-22)15-24(32)16-25-26(33)31(23-12-6-19(2)7-13-23)28(36)30(25)18-21-5-4-14-29-17-21/h4-14,17,25H,3,15-16,18H2,1-2H3. The van der Waals surface area contributed by atoms with Gasteiger partial charge in [0.15, 0.2) is 5.11 Å². The molecule has 3 aromatic rings. The number of hydrogen-bond donors (Lipinski definition) is 0. The van der Waals surface area contributed by atoms with Crippen LogP contribution in [0.4, 0.5) is 5.69 Å². The molecule has 0 spiro atoms. The molecule has 1 aromatic heterocycles. The van der Waals surface area contributed by atoms with Gasteiger partial charge in [0.05, 0.1) is 17.9 Å². The van der Waals surface area contributed by atoms with E-state index in [1.807, 2.05) is 43.3 Å². The van der Waals surface area contributed by atoms with E-state index in [9.17, 15) is 14.4 Å². The first kappa shape index (κ1) is 25.2. The Morgan fingerprint density at radius 3 is 2.39 bits per heavy atom. The van der Waals surface area contributed by atoms with Crippen LogP contribution in [0.15, 0.2) is 73.1 Å². The number of esters is 1. The summed E-state index contributed by atoms with van der Waals surface area (Å²) in [6, 6.07) is 17.3. The minimum Gasteiger partial charge on any atom is -0.462 e. The first-order chi connectivity index (χ1) is 17.4. The molecule has 4 rings (SSSR count). The van der Waals surface area contributed by atoms with Crippen LogP contribution in [-0.2, 0) is 27.3 Å². The van der Waals surface area contributed by atoms with Gasteiger partial charge in [0.25, 0.3) is 5.91 Å². The highest BCUT2D eigenvalue weighted by molar-refractivity contribution is 7.80. The Hall–Kier alpha value is -3.91. The van der Waals surface area contributed by atoms with Crippen molar-refractivity contribution in [3.05, 3.63) is 95.3 Å². The molecule has 0 aliphatic carbocycles. The van der Waals surface area contributed by atoms with Crippen LogP contribution in [0.5, 0.6) is 0 Å². The zero-order chi connectivity index (χ0) is 25.7. The molecule has 8 heteroatoms. The summed E-state index contributed by atoms with van der Waals surface area (Å²) in [5, 5.41) is 0.365. The first-order valence-electron chi connectivity index (χ1n) is 11.7. The van der Waals surface area contributed by atoms with Gasteiger partial charge in [-0.25, -0.2) is 4.79 Å². The lowest BCUT2D eigenvalue weighted by molar-refractivity contribution is -0.125. The molecule has 1 unspecified atom stereocenters. The summed E-state index contributed by atoms with van der Waals surface area (Å²) < 4.78 is 5.00. The number of carbonyl (C=O) groups excluding carboxylic acids is 3. The number of carbonyl (C=O) groups is 3. The molecule has 1 amide bonds. The molecule has 0 radical (unpaired) electrons. The number of rotatable bonds is 9. The number of pyridine rings is 1. The van der Waals surface area contributed by atoms with Crippen LogP contribution in [0, 0.1) is 6.92 Å². The maximum absolute atomic E-state index is 13.5. The van der Waals surface area contributed by atoms with Crippen molar-refractivity contribution in [2.75, 3.05) is 11.5 Å². The van der Waals surface area contributed by atoms with Crippen LogP contribution >= 0.6 is 12.2 Å². The molecule has 1 atom stereocenters. The van der Waals surface area contributed by atoms with Gasteiger partial charge in [0, 0.05) is 31.8 Å². The Kier molecular flexibility index (Phi) is 7.85. The number of thiocarbonyl (C=S) groups is 1. The number of aromatic nitrogens is 1. The number of aryl methyl sites for hydroxylation is 1. The van der Waals surface area contributed by atoms with Crippen LogP contribution in [-0.4, -0.2) is 45.3 Å². The highest BCUT2D eigenvalue weighted by atomic mass is 32.1. The Balaban J connectivity index is 1.53. The van der Waals surface area contributed by atoms with Gasteiger partial charge in [-0.3, -0.25) is 19.5 Å². The smallest absolute Gasteiger partial charge is 0.338 e. The molecule has 2 aromatic carbocycles. The van der Waals surface area contributed by atoms with E-state index < -0.39 is 12.0 Å². The van der Waals surface area contributed by atoms with E-state index in [1.165, 1.54) is 4.90 Å². The van der Waals surface area contributed by atoms with Crippen molar-refractivity contribution in [2.24, 2.45) is 0 Å². The van der Waals surface area contributed by atoms with Gasteiger partial charge < -0.3 is 9.64 Å². The highest BCUT2D eigenvalue weighted by Gasteiger charge is 2.44. The third-order valence-corrected chi connectivity index (χ3v) is 6.39. The Morgan fingerprint density at radius 1 is 1.03 bits per heavy atom. The molecule has 1 fully saturated rings. The van der Waals surface area contributed by atoms with Crippen molar-refractivity contribution < 1.29 is 19.1 Å². The molecule has 184 valence electrons. The zero-order valence-electron chi connectivity index (χ0n) is 20.2. The van der Waals surface area contributed by atoms with Crippen LogP contribution in [0.2, 0.25) is 0 Å². The van der Waals surface area contributed by atoms with Gasteiger partial charge in [0.1, 0.15) is 11.8 Å². The van der Waals surface area contributed by atoms with Gasteiger partial charge in [-0.1, -0.05) is 35.9 Å². The minimum atomic E-state index is -0.717. The number of nitrogens with zero attached hydrogens (tertiary/aromatic N) is 3. The molecular weight excluding hydrogens is 474 g/mol. The summed E-state index contributed by atoms with van der Waals surface area (Å²) in [4.78, 5) is 46.0. The largest absolute Gasteiger partial charge is 0.462 e. The van der Waals surface area contributed by atoms with E-state index in [2.05, 4.69) is 4.98 Å². The number of benzene rings is 2. The quantitative estimate of drug-likeness (QED) is 0.320.